The number of alkyl halides is 1. The molecule has 1 atom stereocenters. The zero-order valence-electron chi connectivity index (χ0n) is 14.0. The van der Waals surface area contributed by atoms with Gasteiger partial charge < -0.3 is 18.3 Å². The van der Waals surface area contributed by atoms with Gasteiger partial charge in [-0.3, -0.25) is 0 Å². The third-order valence-electron chi connectivity index (χ3n) is 3.47. The van der Waals surface area contributed by atoms with Gasteiger partial charge in [-0.25, -0.2) is 4.39 Å². The molecule has 4 nitrogen and oxygen atoms in total. The van der Waals surface area contributed by atoms with Crippen LogP contribution in [-0.4, -0.2) is 56.0 Å². The third-order valence-corrected chi connectivity index (χ3v) is 11.0. The summed E-state index contributed by atoms with van der Waals surface area (Å²) in [6.07, 6.45) is 2.30. The van der Waals surface area contributed by atoms with Crippen LogP contribution in [0.25, 0.3) is 0 Å². The summed E-state index contributed by atoms with van der Waals surface area (Å²) in [6.45, 7) is 11.3. The van der Waals surface area contributed by atoms with E-state index in [0.29, 0.717) is 12.7 Å². The molecule has 0 aliphatic carbocycles. The van der Waals surface area contributed by atoms with E-state index < -0.39 is 23.5 Å². The van der Waals surface area contributed by atoms with Crippen LogP contribution in [0.15, 0.2) is 0 Å². The van der Waals surface area contributed by atoms with Gasteiger partial charge in [-0.2, -0.15) is 0 Å². The van der Waals surface area contributed by atoms with Gasteiger partial charge in [0.15, 0.2) is 23.5 Å². The van der Waals surface area contributed by atoms with Crippen LogP contribution in [0.4, 0.5) is 4.39 Å². The summed E-state index contributed by atoms with van der Waals surface area (Å²) in [5.74, 6) is 0. The lowest BCUT2D eigenvalue weighted by atomic mass is 10.5. The number of epoxide rings is 1. The normalized spacial score (nSPS) is 19.0. The maximum atomic E-state index is 11.9. The molecule has 0 aromatic rings. The number of hydrogen-bond donors (Lipinski definition) is 0. The van der Waals surface area contributed by atoms with E-state index in [4.69, 9.17) is 18.3 Å². The summed E-state index contributed by atoms with van der Waals surface area (Å²) < 4.78 is 33.8. The van der Waals surface area contributed by atoms with Gasteiger partial charge >= 0.3 is 0 Å². The molecule has 126 valence electrons. The minimum absolute atomic E-state index is 0.351. The molecule has 0 spiro atoms. The SMILES string of the molecule is C[Si](C)(CCCOCF)O[Si](C)(C)CCCOCC1CO1. The van der Waals surface area contributed by atoms with E-state index in [0.717, 1.165) is 44.8 Å². The molecule has 1 rings (SSSR count). The highest BCUT2D eigenvalue weighted by Gasteiger charge is 2.32. The Morgan fingerprint density at radius 3 is 2.00 bits per heavy atom. The molecule has 0 aromatic carbocycles. The van der Waals surface area contributed by atoms with Gasteiger partial charge in [-0.05, 0) is 51.1 Å². The second-order valence-corrected chi connectivity index (χ2v) is 15.7. The molecule has 0 aromatic heterocycles. The Labute approximate surface area is 130 Å². The van der Waals surface area contributed by atoms with Crippen molar-refractivity contribution in [2.24, 2.45) is 0 Å². The Hall–Kier alpha value is 0.204. The molecule has 0 saturated carbocycles. The van der Waals surface area contributed by atoms with Gasteiger partial charge in [-0.15, -0.1) is 0 Å². The van der Waals surface area contributed by atoms with E-state index in [1.165, 1.54) is 0 Å². The average molecular weight is 339 g/mol. The molecule has 21 heavy (non-hydrogen) atoms. The molecule has 1 aliphatic heterocycles. The first-order valence-electron chi connectivity index (χ1n) is 7.88. The minimum Gasteiger partial charge on any atom is -0.455 e. The van der Waals surface area contributed by atoms with E-state index >= 15 is 0 Å². The Morgan fingerprint density at radius 1 is 1.00 bits per heavy atom. The van der Waals surface area contributed by atoms with Gasteiger partial charge in [0.25, 0.3) is 0 Å². The summed E-state index contributed by atoms with van der Waals surface area (Å²) in [6, 6.07) is 2.15. The predicted molar refractivity (Wildman–Crippen MR) is 87.4 cm³/mol. The second-order valence-electron chi connectivity index (χ2n) is 6.88. The largest absolute Gasteiger partial charge is 0.455 e. The fraction of sp³-hybridized carbons (Fsp3) is 1.00. The van der Waals surface area contributed by atoms with Crippen LogP contribution in [0, 0.1) is 0 Å². The molecule has 1 unspecified atom stereocenters. The van der Waals surface area contributed by atoms with Crippen molar-refractivity contribution in [2.75, 3.05) is 33.3 Å². The van der Waals surface area contributed by atoms with E-state index in [1.54, 1.807) is 0 Å². The van der Waals surface area contributed by atoms with Gasteiger partial charge in [0, 0.05) is 13.2 Å². The number of rotatable bonds is 13. The average Bonchev–Trinajstić information content (AvgIpc) is 3.17. The topological polar surface area (TPSA) is 40.2 Å². The maximum absolute atomic E-state index is 11.9. The third kappa shape index (κ3) is 10.5. The lowest BCUT2D eigenvalue weighted by Gasteiger charge is -2.34. The van der Waals surface area contributed by atoms with Crippen molar-refractivity contribution in [1.29, 1.82) is 0 Å². The van der Waals surface area contributed by atoms with Gasteiger partial charge in [0.1, 0.15) is 6.10 Å². The van der Waals surface area contributed by atoms with Crippen molar-refractivity contribution in [3.8, 4) is 0 Å². The van der Waals surface area contributed by atoms with Crippen LogP contribution in [0.3, 0.4) is 0 Å². The van der Waals surface area contributed by atoms with Crippen molar-refractivity contribution < 1.29 is 22.7 Å². The van der Waals surface area contributed by atoms with E-state index in [2.05, 4.69) is 26.2 Å². The van der Waals surface area contributed by atoms with Crippen LogP contribution in [0.5, 0.6) is 0 Å². The van der Waals surface area contributed by atoms with Gasteiger partial charge in [0.05, 0.1) is 13.2 Å². The van der Waals surface area contributed by atoms with Gasteiger partial charge in [-0.1, -0.05) is 0 Å². The van der Waals surface area contributed by atoms with Crippen LogP contribution < -0.4 is 0 Å². The van der Waals surface area contributed by atoms with Gasteiger partial charge in [0.2, 0.25) is 0 Å². The highest BCUT2D eigenvalue weighted by Crippen LogP contribution is 2.23. The fourth-order valence-electron chi connectivity index (χ4n) is 2.48. The highest BCUT2D eigenvalue weighted by molar-refractivity contribution is 6.84. The molecule has 1 fully saturated rings. The van der Waals surface area contributed by atoms with Crippen molar-refractivity contribution in [3.05, 3.63) is 0 Å². The van der Waals surface area contributed by atoms with Crippen LogP contribution >= 0.6 is 0 Å². The Morgan fingerprint density at radius 2 is 1.52 bits per heavy atom. The van der Waals surface area contributed by atoms with Crippen molar-refractivity contribution in [3.63, 3.8) is 0 Å². The molecule has 0 radical (unpaired) electrons. The zero-order valence-corrected chi connectivity index (χ0v) is 16.0. The maximum Gasteiger partial charge on any atom is 0.188 e. The van der Waals surface area contributed by atoms with Crippen molar-refractivity contribution in [2.45, 2.75) is 57.2 Å². The summed E-state index contributed by atoms with van der Waals surface area (Å²) in [5, 5.41) is 0. The smallest absolute Gasteiger partial charge is 0.188 e. The molecule has 0 bridgehead atoms. The molecular weight excluding hydrogens is 307 g/mol. The van der Waals surface area contributed by atoms with Crippen molar-refractivity contribution >= 4 is 16.6 Å². The molecule has 7 heteroatoms. The zero-order chi connectivity index (χ0) is 15.8. The van der Waals surface area contributed by atoms with E-state index in [9.17, 15) is 4.39 Å². The molecule has 1 aliphatic rings. The molecule has 1 heterocycles. The molecular formula is C14H31FO4Si2. The summed E-state index contributed by atoms with van der Waals surface area (Å²) in [4.78, 5) is 0. The summed E-state index contributed by atoms with van der Waals surface area (Å²) >= 11 is 0. The monoisotopic (exact) mass is 338 g/mol. The first-order chi connectivity index (χ1) is 9.85. The second kappa shape index (κ2) is 9.37. The minimum atomic E-state index is -1.67. The lowest BCUT2D eigenvalue weighted by molar-refractivity contribution is 0.0581. The van der Waals surface area contributed by atoms with E-state index in [-0.39, 0.29) is 0 Å². The Kier molecular flexibility index (Phi) is 8.59. The first-order valence-corrected chi connectivity index (χ1v) is 14.1. The number of halogens is 1. The molecule has 1 saturated heterocycles. The summed E-state index contributed by atoms with van der Waals surface area (Å²) in [7, 11) is -3.30. The fourth-order valence-corrected chi connectivity index (χ4v) is 11.3. The number of hydrogen-bond acceptors (Lipinski definition) is 4. The first kappa shape index (κ1) is 19.3. The molecule has 0 N–H and O–H groups in total. The highest BCUT2D eigenvalue weighted by atomic mass is 28.4. The summed E-state index contributed by atoms with van der Waals surface area (Å²) in [5.41, 5.74) is 0. The Bertz CT molecular complexity index is 286. The van der Waals surface area contributed by atoms with Crippen LogP contribution in [0.2, 0.25) is 38.3 Å². The van der Waals surface area contributed by atoms with Crippen LogP contribution in [0.1, 0.15) is 12.8 Å². The van der Waals surface area contributed by atoms with Crippen LogP contribution in [-0.2, 0) is 18.3 Å². The number of ether oxygens (including phenoxy) is 3. The lowest BCUT2D eigenvalue weighted by Crippen LogP contribution is -2.44. The quantitative estimate of drug-likeness (QED) is 0.292. The molecule has 0 amide bonds. The predicted octanol–water partition coefficient (Wildman–Crippen LogP) is 3.55. The van der Waals surface area contributed by atoms with E-state index in [1.807, 2.05) is 0 Å². The standard InChI is InChI=1S/C14H31FO4Si2/c1-20(2,9-5-7-16-11-14-12-18-14)19-21(3,4)10-6-8-17-13-15/h14H,5-13H2,1-4H3. The van der Waals surface area contributed by atoms with Crippen molar-refractivity contribution in [1.82, 2.24) is 0 Å². The Balaban J connectivity index is 2.12.